The van der Waals surface area contributed by atoms with E-state index in [2.05, 4.69) is 20.9 Å². The Morgan fingerprint density at radius 1 is 1.21 bits per heavy atom. The van der Waals surface area contributed by atoms with Gasteiger partial charge in [-0.3, -0.25) is 0 Å². The maximum atomic E-state index is 12.8. The number of fused-ring (bicyclic) bond motifs is 1. The number of benzene rings is 2. The molecule has 0 aliphatic carbocycles. The minimum atomic E-state index is -3.84. The number of hydrogen-bond donors (Lipinski definition) is 0. The van der Waals surface area contributed by atoms with Crippen molar-refractivity contribution in [2.45, 2.75) is 11.4 Å². The Morgan fingerprint density at radius 2 is 1.83 bits per heavy atom. The van der Waals surface area contributed by atoms with Crippen molar-refractivity contribution in [1.82, 2.24) is 9.29 Å². The third-order valence-corrected chi connectivity index (χ3v) is 7.53. The van der Waals surface area contributed by atoms with Gasteiger partial charge in [0.1, 0.15) is 9.90 Å². The SMILES string of the molecule is CN(Cc1nc2ccccc2s1)S(=O)(=O)c1c(Cl)cc(Br)cc1Cl. The van der Waals surface area contributed by atoms with Gasteiger partial charge in [-0.25, -0.2) is 13.4 Å². The monoisotopic (exact) mass is 464 g/mol. The summed E-state index contributed by atoms with van der Waals surface area (Å²) in [6, 6.07) is 10.7. The van der Waals surface area contributed by atoms with Crippen LogP contribution in [0, 0.1) is 0 Å². The molecule has 3 aromatic rings. The van der Waals surface area contributed by atoms with Gasteiger partial charge in [0.15, 0.2) is 0 Å². The largest absolute Gasteiger partial charge is 0.246 e. The fraction of sp³-hybridized carbons (Fsp3) is 0.133. The molecular weight excluding hydrogens is 455 g/mol. The minimum Gasteiger partial charge on any atom is -0.240 e. The molecular formula is C15H11BrCl2N2O2S2. The average Bonchev–Trinajstić information content (AvgIpc) is 2.87. The predicted octanol–water partition coefficient (Wildman–Crippen LogP) is 5.19. The van der Waals surface area contributed by atoms with E-state index < -0.39 is 10.0 Å². The van der Waals surface area contributed by atoms with Gasteiger partial charge in [-0.15, -0.1) is 11.3 Å². The molecule has 0 amide bonds. The summed E-state index contributed by atoms with van der Waals surface area (Å²) in [5.41, 5.74) is 0.850. The van der Waals surface area contributed by atoms with Crippen LogP contribution in [-0.4, -0.2) is 24.8 Å². The number of thiazole rings is 1. The van der Waals surface area contributed by atoms with Crippen LogP contribution in [0.4, 0.5) is 0 Å². The van der Waals surface area contributed by atoms with E-state index in [4.69, 9.17) is 23.2 Å². The molecule has 2 aromatic carbocycles. The third kappa shape index (κ3) is 3.47. The summed E-state index contributed by atoms with van der Waals surface area (Å²) in [5.74, 6) is 0. The number of nitrogens with zero attached hydrogens (tertiary/aromatic N) is 2. The molecule has 4 nitrogen and oxygen atoms in total. The number of rotatable bonds is 4. The van der Waals surface area contributed by atoms with E-state index in [0.717, 1.165) is 10.2 Å². The summed E-state index contributed by atoms with van der Waals surface area (Å²) in [5, 5.41) is 0.850. The standard InChI is InChI=1S/C15H11BrCl2N2O2S2/c1-20(8-14-19-12-4-2-3-5-13(12)23-14)24(21,22)15-10(17)6-9(16)7-11(15)18/h2-7H,8H2,1H3. The number of aromatic nitrogens is 1. The molecule has 126 valence electrons. The molecule has 0 saturated carbocycles. The molecule has 0 spiro atoms. The molecule has 0 unspecified atom stereocenters. The molecule has 24 heavy (non-hydrogen) atoms. The highest BCUT2D eigenvalue weighted by molar-refractivity contribution is 9.10. The predicted molar refractivity (Wildman–Crippen MR) is 102 cm³/mol. The molecule has 0 atom stereocenters. The van der Waals surface area contributed by atoms with Crippen LogP contribution in [0.25, 0.3) is 10.2 Å². The summed E-state index contributed by atoms with van der Waals surface area (Å²) < 4.78 is 28.5. The molecule has 9 heteroatoms. The summed E-state index contributed by atoms with van der Waals surface area (Å²) in [7, 11) is -2.36. The Bertz CT molecular complexity index is 965. The van der Waals surface area contributed by atoms with E-state index in [0.29, 0.717) is 9.48 Å². The maximum absolute atomic E-state index is 12.8. The van der Waals surface area contributed by atoms with E-state index in [-0.39, 0.29) is 21.5 Å². The van der Waals surface area contributed by atoms with Gasteiger partial charge in [0, 0.05) is 11.5 Å². The highest BCUT2D eigenvalue weighted by Gasteiger charge is 2.27. The van der Waals surface area contributed by atoms with Crippen molar-refractivity contribution in [2.24, 2.45) is 0 Å². The van der Waals surface area contributed by atoms with Crippen LogP contribution in [0.2, 0.25) is 10.0 Å². The zero-order valence-corrected chi connectivity index (χ0v) is 17.1. The van der Waals surface area contributed by atoms with E-state index in [1.807, 2.05) is 24.3 Å². The van der Waals surface area contributed by atoms with Crippen molar-refractivity contribution in [3.05, 3.63) is 55.9 Å². The molecule has 0 saturated heterocycles. The molecule has 0 bridgehead atoms. The number of sulfonamides is 1. The van der Waals surface area contributed by atoms with E-state index in [9.17, 15) is 8.42 Å². The van der Waals surface area contributed by atoms with Crippen molar-refractivity contribution in [2.75, 3.05) is 7.05 Å². The fourth-order valence-electron chi connectivity index (χ4n) is 2.19. The van der Waals surface area contributed by atoms with Gasteiger partial charge < -0.3 is 0 Å². The first kappa shape index (κ1) is 18.1. The Kier molecular flexibility index (Phi) is 5.20. The van der Waals surface area contributed by atoms with Crippen molar-refractivity contribution in [3.63, 3.8) is 0 Å². The van der Waals surface area contributed by atoms with Crippen LogP contribution < -0.4 is 0 Å². The lowest BCUT2D eigenvalue weighted by molar-refractivity contribution is 0.466. The quantitative estimate of drug-likeness (QED) is 0.532. The van der Waals surface area contributed by atoms with Gasteiger partial charge in [0.25, 0.3) is 0 Å². The second-order valence-corrected chi connectivity index (χ2v) is 9.86. The summed E-state index contributed by atoms with van der Waals surface area (Å²) in [6.45, 7) is 0.143. The maximum Gasteiger partial charge on any atom is 0.246 e. The van der Waals surface area contributed by atoms with Crippen molar-refractivity contribution < 1.29 is 8.42 Å². The van der Waals surface area contributed by atoms with Crippen LogP contribution in [-0.2, 0) is 16.6 Å². The van der Waals surface area contributed by atoms with Gasteiger partial charge in [-0.2, -0.15) is 4.31 Å². The van der Waals surface area contributed by atoms with Crippen LogP contribution in [0.3, 0.4) is 0 Å². The second-order valence-electron chi connectivity index (χ2n) is 5.03. The summed E-state index contributed by atoms with van der Waals surface area (Å²) in [6.07, 6.45) is 0. The van der Waals surface area contributed by atoms with Crippen molar-refractivity contribution >= 4 is 70.7 Å². The van der Waals surface area contributed by atoms with E-state index in [1.54, 1.807) is 0 Å². The first-order chi connectivity index (χ1) is 11.3. The smallest absolute Gasteiger partial charge is 0.240 e. The molecule has 0 N–H and O–H groups in total. The first-order valence-electron chi connectivity index (χ1n) is 6.74. The van der Waals surface area contributed by atoms with Gasteiger partial charge in [0.05, 0.1) is 26.8 Å². The number of halogens is 3. The normalized spacial score (nSPS) is 12.2. The zero-order valence-electron chi connectivity index (χ0n) is 12.3. The zero-order chi connectivity index (χ0) is 17.5. The van der Waals surface area contributed by atoms with Crippen LogP contribution in [0.1, 0.15) is 5.01 Å². The van der Waals surface area contributed by atoms with Crippen LogP contribution in [0.15, 0.2) is 45.8 Å². The highest BCUT2D eigenvalue weighted by Crippen LogP contribution is 2.35. The Morgan fingerprint density at radius 3 is 2.46 bits per heavy atom. The lowest BCUT2D eigenvalue weighted by Gasteiger charge is -2.18. The third-order valence-electron chi connectivity index (χ3n) is 3.33. The second kappa shape index (κ2) is 6.90. The summed E-state index contributed by atoms with van der Waals surface area (Å²) in [4.78, 5) is 4.36. The summed E-state index contributed by atoms with van der Waals surface area (Å²) >= 11 is 16.9. The molecule has 1 heterocycles. The van der Waals surface area contributed by atoms with Crippen LogP contribution >= 0.6 is 50.5 Å². The number of para-hydroxylation sites is 1. The molecule has 0 radical (unpaired) electrons. The van der Waals surface area contributed by atoms with Gasteiger partial charge in [0.2, 0.25) is 10.0 Å². The molecule has 0 aliphatic rings. The van der Waals surface area contributed by atoms with Crippen LogP contribution in [0.5, 0.6) is 0 Å². The van der Waals surface area contributed by atoms with Gasteiger partial charge in [-0.1, -0.05) is 51.3 Å². The van der Waals surface area contributed by atoms with Crippen molar-refractivity contribution in [1.29, 1.82) is 0 Å². The lowest BCUT2D eigenvalue weighted by Crippen LogP contribution is -2.27. The van der Waals surface area contributed by atoms with Gasteiger partial charge in [-0.05, 0) is 24.3 Å². The van der Waals surface area contributed by atoms with Gasteiger partial charge >= 0.3 is 0 Å². The first-order valence-corrected chi connectivity index (χ1v) is 10.5. The molecule has 1 aromatic heterocycles. The fourth-order valence-corrected chi connectivity index (χ4v) is 6.30. The Hall–Kier alpha value is -0.700. The number of hydrogen-bond acceptors (Lipinski definition) is 4. The molecule has 3 rings (SSSR count). The molecule has 0 fully saturated rings. The minimum absolute atomic E-state index is 0.0746. The average molecular weight is 466 g/mol. The Labute approximate surface area is 162 Å². The van der Waals surface area contributed by atoms with E-state index in [1.165, 1.54) is 34.8 Å². The topological polar surface area (TPSA) is 50.3 Å². The lowest BCUT2D eigenvalue weighted by atomic mass is 10.3. The highest BCUT2D eigenvalue weighted by atomic mass is 79.9. The Balaban J connectivity index is 1.95. The molecule has 0 aliphatic heterocycles. The van der Waals surface area contributed by atoms with Crippen molar-refractivity contribution in [3.8, 4) is 0 Å². The van der Waals surface area contributed by atoms with E-state index >= 15 is 0 Å².